The lowest BCUT2D eigenvalue weighted by Gasteiger charge is -2.49. The minimum absolute atomic E-state index is 0.00237. The molecular formula is C24H23N7O9S3. The molecule has 2 aliphatic heterocycles. The highest BCUT2D eigenvalue weighted by Crippen LogP contribution is 2.42. The molecule has 0 unspecified atom stereocenters. The van der Waals surface area contributed by atoms with Crippen molar-refractivity contribution in [2.24, 2.45) is 5.16 Å². The number of aromatic amines is 1. The number of phenolic OH excluding ortho intramolecular Hbond substituents is 2. The average Bonchev–Trinajstić information content (AvgIpc) is 3.55. The number of aromatic hydroxyl groups is 2. The van der Waals surface area contributed by atoms with Crippen molar-refractivity contribution in [1.29, 1.82) is 0 Å². The summed E-state index contributed by atoms with van der Waals surface area (Å²) in [4.78, 5) is 67.6. The molecule has 1 aromatic carbocycles. The number of nitrogens with two attached hydrogens (primary N) is 1. The number of carboxylic acids is 2. The van der Waals surface area contributed by atoms with Gasteiger partial charge in [0.15, 0.2) is 27.5 Å². The topological polar surface area (TPSA) is 254 Å². The average molecular weight is 650 g/mol. The summed E-state index contributed by atoms with van der Waals surface area (Å²) >= 11 is 3.44. The van der Waals surface area contributed by atoms with Crippen molar-refractivity contribution in [2.45, 2.75) is 36.0 Å². The Kier molecular flexibility index (Phi) is 7.88. The maximum absolute atomic E-state index is 13.2. The van der Waals surface area contributed by atoms with Gasteiger partial charge in [0.1, 0.15) is 22.8 Å². The lowest BCUT2D eigenvalue weighted by Crippen LogP contribution is -2.71. The van der Waals surface area contributed by atoms with Crippen LogP contribution in [0.5, 0.6) is 11.5 Å². The maximum atomic E-state index is 13.2. The number of fused-ring (bicyclic) bond motifs is 2. The molecule has 1 fully saturated rings. The smallest absolute Gasteiger partial charge is 0.352 e. The first-order valence-corrected chi connectivity index (χ1v) is 15.1. The molecule has 2 aliphatic rings. The molecule has 8 N–H and O–H groups in total. The Balaban J connectivity index is 1.32. The first-order valence-electron chi connectivity index (χ1n) is 12.2. The minimum Gasteiger partial charge on any atom is -0.504 e. The fourth-order valence-corrected chi connectivity index (χ4v) is 6.96. The number of hydrogen-bond acceptors (Lipinski definition) is 14. The molecule has 0 radical (unpaired) electrons. The Morgan fingerprint density at radius 3 is 2.63 bits per heavy atom. The third-order valence-corrected chi connectivity index (χ3v) is 9.31. The van der Waals surface area contributed by atoms with E-state index in [2.05, 4.69) is 25.4 Å². The van der Waals surface area contributed by atoms with Gasteiger partial charge in [0.05, 0.1) is 11.0 Å². The van der Waals surface area contributed by atoms with Gasteiger partial charge >= 0.3 is 11.9 Å². The summed E-state index contributed by atoms with van der Waals surface area (Å²) in [5.74, 6) is -4.46. The fraction of sp³-hybridized carbons (Fsp3) is 0.292. The standard InChI is InChI=1S/C24H23N7O9S3/c1-24(2,21(38)39)40-30-14(11-7-42-22(25)26-11)17(34)29-15-18(35)31-16(20(36)37)8(5-41-19(15)31)6-43-23-27-9-3-12(32)13(33)4-10(9)28-23/h3-4,7,15,19,32-33H,5-6H2,1-2H3,(H2,25,26)(H,27,28)(H,29,34)(H,36,37)(H,38,39)/b30-14-/t15-,19-/m1/s1. The van der Waals surface area contributed by atoms with Gasteiger partial charge in [-0.25, -0.2) is 19.6 Å². The number of anilines is 1. The second-order valence-corrected chi connectivity index (χ2v) is 12.7. The van der Waals surface area contributed by atoms with Crippen LogP contribution in [0.1, 0.15) is 19.5 Å². The number of H-pyrrole nitrogens is 1. The number of aromatic nitrogens is 3. The van der Waals surface area contributed by atoms with Crippen molar-refractivity contribution in [3.8, 4) is 11.5 Å². The molecule has 4 heterocycles. The number of amides is 2. The highest BCUT2D eigenvalue weighted by Gasteiger charge is 2.54. The van der Waals surface area contributed by atoms with Crippen molar-refractivity contribution >= 4 is 80.5 Å². The Labute approximate surface area is 254 Å². The summed E-state index contributed by atoms with van der Waals surface area (Å²) < 4.78 is 0. The van der Waals surface area contributed by atoms with Crippen molar-refractivity contribution in [2.75, 3.05) is 17.2 Å². The quantitative estimate of drug-likeness (QED) is 0.0534. The van der Waals surface area contributed by atoms with Crippen LogP contribution in [0.2, 0.25) is 0 Å². The Hall–Kier alpha value is -4.49. The van der Waals surface area contributed by atoms with Gasteiger partial charge < -0.3 is 41.3 Å². The number of imidazole rings is 1. The van der Waals surface area contributed by atoms with Crippen LogP contribution in [0.15, 0.2) is 39.1 Å². The number of phenols is 2. The van der Waals surface area contributed by atoms with Crippen LogP contribution in [0.25, 0.3) is 11.0 Å². The normalized spacial score (nSPS) is 18.8. The summed E-state index contributed by atoms with van der Waals surface area (Å²) in [5.41, 5.74) is 4.61. The zero-order valence-corrected chi connectivity index (χ0v) is 24.7. The number of thioether (sulfide) groups is 2. The predicted octanol–water partition coefficient (Wildman–Crippen LogP) is 1.13. The highest BCUT2D eigenvalue weighted by molar-refractivity contribution is 8.01. The fourth-order valence-electron chi connectivity index (χ4n) is 4.04. The van der Waals surface area contributed by atoms with E-state index in [1.807, 2.05) is 0 Å². The van der Waals surface area contributed by atoms with Crippen LogP contribution in [-0.4, -0.2) is 98.3 Å². The predicted molar refractivity (Wildman–Crippen MR) is 156 cm³/mol. The van der Waals surface area contributed by atoms with Crippen LogP contribution in [0.3, 0.4) is 0 Å². The van der Waals surface area contributed by atoms with E-state index in [0.717, 1.165) is 16.2 Å². The highest BCUT2D eigenvalue weighted by atomic mass is 32.2. The van der Waals surface area contributed by atoms with E-state index in [0.29, 0.717) is 21.8 Å². The van der Waals surface area contributed by atoms with Crippen LogP contribution in [0, 0.1) is 0 Å². The Morgan fingerprint density at radius 2 is 1.98 bits per heavy atom. The van der Waals surface area contributed by atoms with Gasteiger partial charge in [0.25, 0.3) is 11.8 Å². The summed E-state index contributed by atoms with van der Waals surface area (Å²) in [6.45, 7) is 2.46. The number of nitrogen functional groups attached to an aromatic ring is 1. The van der Waals surface area contributed by atoms with Crippen LogP contribution >= 0.6 is 34.9 Å². The summed E-state index contributed by atoms with van der Waals surface area (Å²) in [7, 11) is 0. The minimum atomic E-state index is -1.78. The molecule has 2 atom stereocenters. The second-order valence-electron chi connectivity index (χ2n) is 9.72. The number of hydrogen-bond donors (Lipinski definition) is 7. The molecule has 19 heteroatoms. The van der Waals surface area contributed by atoms with E-state index in [-0.39, 0.29) is 39.5 Å². The number of β-lactam (4-membered cyclic amide) rings is 1. The van der Waals surface area contributed by atoms with Gasteiger partial charge in [-0.15, -0.1) is 23.1 Å². The molecule has 0 spiro atoms. The Bertz CT molecular complexity index is 1690. The van der Waals surface area contributed by atoms with E-state index >= 15 is 0 Å². The molecule has 0 aliphatic carbocycles. The third-order valence-electron chi connectivity index (χ3n) is 6.34. The lowest BCUT2D eigenvalue weighted by molar-refractivity contribution is -0.161. The molecule has 3 aromatic rings. The number of carbonyl (C=O) groups excluding carboxylic acids is 2. The molecule has 5 rings (SSSR count). The largest absolute Gasteiger partial charge is 0.504 e. The molecule has 226 valence electrons. The molecule has 0 bridgehead atoms. The third kappa shape index (κ3) is 5.77. The molecule has 1 saturated heterocycles. The number of nitrogens with zero attached hydrogens (tertiary/aromatic N) is 4. The number of aliphatic carboxylic acids is 2. The van der Waals surface area contributed by atoms with Crippen LogP contribution < -0.4 is 11.1 Å². The molecular weight excluding hydrogens is 627 g/mol. The van der Waals surface area contributed by atoms with E-state index in [4.69, 9.17) is 10.6 Å². The molecule has 2 aromatic heterocycles. The first kappa shape index (κ1) is 30.0. The number of nitrogens with one attached hydrogen (secondary N) is 2. The van der Waals surface area contributed by atoms with Crippen LogP contribution in [-0.2, 0) is 24.0 Å². The molecule has 16 nitrogen and oxygen atoms in total. The lowest BCUT2D eigenvalue weighted by atomic mass is 10.0. The molecule has 43 heavy (non-hydrogen) atoms. The van der Waals surface area contributed by atoms with Gasteiger partial charge in [-0.05, 0) is 19.4 Å². The zero-order chi connectivity index (χ0) is 31.2. The molecule has 2 amide bonds. The zero-order valence-electron chi connectivity index (χ0n) is 22.2. The van der Waals surface area contributed by atoms with Gasteiger partial charge in [-0.1, -0.05) is 16.9 Å². The number of benzene rings is 1. The van der Waals surface area contributed by atoms with Crippen molar-refractivity contribution in [3.63, 3.8) is 0 Å². The number of rotatable bonds is 10. The summed E-state index contributed by atoms with van der Waals surface area (Å²) in [6.07, 6.45) is 0. The first-order chi connectivity index (χ1) is 20.3. The van der Waals surface area contributed by atoms with Gasteiger partial charge in [0.2, 0.25) is 5.60 Å². The van der Waals surface area contributed by atoms with Crippen molar-refractivity contribution < 1.29 is 44.4 Å². The van der Waals surface area contributed by atoms with Gasteiger partial charge in [-0.3, -0.25) is 14.5 Å². The number of carbonyl (C=O) groups is 4. The van der Waals surface area contributed by atoms with Crippen molar-refractivity contribution in [1.82, 2.24) is 25.2 Å². The summed E-state index contributed by atoms with van der Waals surface area (Å²) in [5, 5.41) is 46.1. The van der Waals surface area contributed by atoms with Crippen LogP contribution in [0.4, 0.5) is 5.13 Å². The van der Waals surface area contributed by atoms with E-state index < -0.39 is 46.5 Å². The summed E-state index contributed by atoms with van der Waals surface area (Å²) in [6, 6.07) is 1.50. The number of carboxylic acid groups (broad SMARTS) is 2. The van der Waals surface area contributed by atoms with E-state index in [9.17, 15) is 39.6 Å². The van der Waals surface area contributed by atoms with E-state index in [1.54, 1.807) is 0 Å². The number of thiazole rings is 1. The maximum Gasteiger partial charge on any atom is 0.352 e. The monoisotopic (exact) mass is 649 g/mol. The number of oxime groups is 1. The van der Waals surface area contributed by atoms with Crippen molar-refractivity contribution in [3.05, 3.63) is 34.5 Å². The van der Waals surface area contributed by atoms with Gasteiger partial charge in [0, 0.05) is 29.0 Å². The second kappa shape index (κ2) is 11.3. The Morgan fingerprint density at radius 1 is 1.26 bits per heavy atom. The van der Waals surface area contributed by atoms with Gasteiger partial charge in [-0.2, -0.15) is 0 Å². The SMILES string of the molecule is CC(C)(O/N=C(\C(=O)N[C@@H]1C(=O)N2C(C(=O)O)=C(CSc3nc4cc(O)c(O)cc4[nH]3)CS[C@H]12)c1csc(N)n1)C(=O)O. The molecule has 0 saturated carbocycles. The van der Waals surface area contributed by atoms with E-state index in [1.165, 1.54) is 54.9 Å².